The number of allylic oxidation sites excluding steroid dienone is 1. The summed E-state index contributed by atoms with van der Waals surface area (Å²) in [4.78, 5) is 0.954. The summed E-state index contributed by atoms with van der Waals surface area (Å²) in [6.45, 7) is 0. The van der Waals surface area contributed by atoms with Gasteiger partial charge < -0.3 is 0 Å². The molecule has 1 aromatic rings. The molecule has 48 valence electrons. The van der Waals surface area contributed by atoms with Crippen molar-refractivity contribution in [1.29, 1.82) is 0 Å². The van der Waals surface area contributed by atoms with Gasteiger partial charge in [0.15, 0.2) is 0 Å². The van der Waals surface area contributed by atoms with Crippen LogP contribution >= 0.6 is 12.2 Å². The molecule has 0 amide bonds. The van der Waals surface area contributed by atoms with E-state index in [4.69, 9.17) is 12.2 Å². The van der Waals surface area contributed by atoms with Gasteiger partial charge in [-0.1, -0.05) is 42.6 Å². The van der Waals surface area contributed by atoms with Gasteiger partial charge in [-0.2, -0.15) is 0 Å². The van der Waals surface area contributed by atoms with E-state index in [1.165, 1.54) is 11.1 Å². The van der Waals surface area contributed by atoms with E-state index in [0.29, 0.717) is 0 Å². The van der Waals surface area contributed by atoms with Crippen molar-refractivity contribution < 1.29 is 0 Å². The van der Waals surface area contributed by atoms with Gasteiger partial charge in [0, 0.05) is 4.86 Å². The summed E-state index contributed by atoms with van der Waals surface area (Å²) in [5, 5.41) is 0. The second-order valence-corrected chi connectivity index (χ2v) is 2.72. The summed E-state index contributed by atoms with van der Waals surface area (Å²) in [6, 6.07) is 8.16. The number of thiocarbonyl (C=S) groups is 1. The van der Waals surface area contributed by atoms with Crippen LogP contribution in [-0.2, 0) is 0 Å². The number of fused-ring (bicyclic) bond motifs is 1. The van der Waals surface area contributed by atoms with Crippen LogP contribution in [0.2, 0.25) is 0 Å². The molecule has 0 saturated heterocycles. The molecule has 1 aromatic carbocycles. The normalized spacial score (nSPS) is 13.8. The minimum Gasteiger partial charge on any atom is -0.0794 e. The molecule has 1 heteroatoms. The third-order valence-electron chi connectivity index (χ3n) is 1.64. The number of hydrogen-bond donors (Lipinski definition) is 0. The van der Waals surface area contributed by atoms with Gasteiger partial charge in [0.05, 0.1) is 0 Å². The van der Waals surface area contributed by atoms with Crippen LogP contribution in [0.4, 0.5) is 0 Å². The van der Waals surface area contributed by atoms with Crippen molar-refractivity contribution in [3.05, 3.63) is 41.5 Å². The summed E-state index contributed by atoms with van der Waals surface area (Å²) >= 11 is 5.09. The first-order chi connectivity index (χ1) is 4.88. The topological polar surface area (TPSA) is 0 Å². The Balaban J connectivity index is 2.70. The molecular weight excluding hydrogens is 140 g/mol. The maximum absolute atomic E-state index is 5.09. The quantitative estimate of drug-likeness (QED) is 0.506. The van der Waals surface area contributed by atoms with Gasteiger partial charge in [-0.3, -0.25) is 0 Å². The van der Waals surface area contributed by atoms with Crippen LogP contribution in [0.3, 0.4) is 0 Å². The van der Waals surface area contributed by atoms with Crippen molar-refractivity contribution in [1.82, 2.24) is 0 Å². The third-order valence-corrected chi connectivity index (χ3v) is 2.00. The predicted molar refractivity (Wildman–Crippen MR) is 47.2 cm³/mol. The third kappa shape index (κ3) is 0.711. The Morgan fingerprint density at radius 2 is 1.80 bits per heavy atom. The van der Waals surface area contributed by atoms with Crippen LogP contribution in [0.1, 0.15) is 11.1 Å². The summed E-state index contributed by atoms with van der Waals surface area (Å²) in [6.07, 6.45) is 4.03. The molecule has 0 unspecified atom stereocenters. The van der Waals surface area contributed by atoms with Gasteiger partial charge in [0.1, 0.15) is 0 Å². The van der Waals surface area contributed by atoms with Gasteiger partial charge >= 0.3 is 0 Å². The zero-order valence-corrected chi connectivity index (χ0v) is 6.19. The average Bonchev–Trinajstić information content (AvgIpc) is 2.34. The predicted octanol–water partition coefficient (Wildman–Crippen LogP) is 2.43. The lowest BCUT2D eigenvalue weighted by atomic mass is 10.1. The fourth-order valence-electron chi connectivity index (χ4n) is 1.12. The SMILES string of the molecule is S=C1C=Cc2ccccc21. The Kier molecular flexibility index (Phi) is 1.18. The van der Waals surface area contributed by atoms with Gasteiger partial charge in [-0.05, 0) is 17.2 Å². The van der Waals surface area contributed by atoms with E-state index in [0.717, 1.165) is 4.86 Å². The van der Waals surface area contributed by atoms with Crippen LogP contribution < -0.4 is 0 Å². The van der Waals surface area contributed by atoms with E-state index < -0.39 is 0 Å². The zero-order chi connectivity index (χ0) is 6.97. The molecule has 0 saturated carbocycles. The fourth-order valence-corrected chi connectivity index (χ4v) is 1.38. The molecule has 1 aliphatic rings. The lowest BCUT2D eigenvalue weighted by molar-refractivity contribution is 1.65. The van der Waals surface area contributed by atoms with Gasteiger partial charge in [-0.25, -0.2) is 0 Å². The minimum atomic E-state index is 0.954. The Bertz CT molecular complexity index is 310. The molecule has 0 radical (unpaired) electrons. The van der Waals surface area contributed by atoms with E-state index in [2.05, 4.69) is 18.2 Å². The van der Waals surface area contributed by atoms with Crippen LogP contribution in [-0.4, -0.2) is 4.86 Å². The molecule has 10 heavy (non-hydrogen) atoms. The van der Waals surface area contributed by atoms with Crippen molar-refractivity contribution in [3.63, 3.8) is 0 Å². The Morgan fingerprint density at radius 3 is 2.60 bits per heavy atom. The van der Waals surface area contributed by atoms with Crippen molar-refractivity contribution in [2.24, 2.45) is 0 Å². The Morgan fingerprint density at radius 1 is 1.00 bits per heavy atom. The van der Waals surface area contributed by atoms with Crippen molar-refractivity contribution >= 4 is 23.2 Å². The molecule has 0 fully saturated rings. The molecule has 0 bridgehead atoms. The van der Waals surface area contributed by atoms with Crippen molar-refractivity contribution in [2.75, 3.05) is 0 Å². The first-order valence-corrected chi connectivity index (χ1v) is 3.60. The molecule has 0 heterocycles. The molecule has 0 nitrogen and oxygen atoms in total. The van der Waals surface area contributed by atoms with E-state index in [1.807, 2.05) is 18.2 Å². The average molecular weight is 146 g/mol. The molecule has 1 aliphatic carbocycles. The number of benzene rings is 1. The summed E-state index contributed by atoms with van der Waals surface area (Å²) < 4.78 is 0. The summed E-state index contributed by atoms with van der Waals surface area (Å²) in [5.41, 5.74) is 2.44. The zero-order valence-electron chi connectivity index (χ0n) is 5.37. The monoisotopic (exact) mass is 146 g/mol. The lowest BCUT2D eigenvalue weighted by Crippen LogP contribution is -1.87. The number of hydrogen-bond acceptors (Lipinski definition) is 1. The molecule has 0 atom stereocenters. The van der Waals surface area contributed by atoms with Crippen LogP contribution in [0.5, 0.6) is 0 Å². The van der Waals surface area contributed by atoms with Crippen molar-refractivity contribution in [3.8, 4) is 0 Å². The highest BCUT2D eigenvalue weighted by molar-refractivity contribution is 7.81. The second-order valence-electron chi connectivity index (χ2n) is 2.28. The van der Waals surface area contributed by atoms with Crippen LogP contribution in [0, 0.1) is 0 Å². The Labute approximate surface area is 65.2 Å². The first kappa shape index (κ1) is 5.81. The van der Waals surface area contributed by atoms with Crippen LogP contribution in [0.15, 0.2) is 30.3 Å². The van der Waals surface area contributed by atoms with E-state index >= 15 is 0 Å². The Hall–Kier alpha value is -0.950. The summed E-state index contributed by atoms with van der Waals surface area (Å²) in [5.74, 6) is 0. The van der Waals surface area contributed by atoms with Gasteiger partial charge in [-0.15, -0.1) is 0 Å². The fraction of sp³-hybridized carbons (Fsp3) is 0. The maximum Gasteiger partial charge on any atom is 0.0455 e. The van der Waals surface area contributed by atoms with Gasteiger partial charge in [0.25, 0.3) is 0 Å². The standard InChI is InChI=1S/C9H6S/c10-9-6-5-7-3-1-2-4-8(7)9/h1-6H. The molecular formula is C9H6S. The molecule has 0 aromatic heterocycles. The largest absolute Gasteiger partial charge is 0.0794 e. The summed E-state index contributed by atoms with van der Waals surface area (Å²) in [7, 11) is 0. The van der Waals surface area contributed by atoms with Gasteiger partial charge in [0.2, 0.25) is 0 Å². The molecule has 0 spiro atoms. The van der Waals surface area contributed by atoms with E-state index in [9.17, 15) is 0 Å². The molecule has 0 aliphatic heterocycles. The molecule has 0 N–H and O–H groups in total. The van der Waals surface area contributed by atoms with E-state index in [-0.39, 0.29) is 0 Å². The smallest absolute Gasteiger partial charge is 0.0455 e. The second kappa shape index (κ2) is 2.03. The highest BCUT2D eigenvalue weighted by Gasteiger charge is 2.06. The minimum absolute atomic E-state index is 0.954. The molecule has 2 rings (SSSR count). The highest BCUT2D eigenvalue weighted by atomic mass is 32.1. The van der Waals surface area contributed by atoms with Crippen LogP contribution in [0.25, 0.3) is 6.08 Å². The first-order valence-electron chi connectivity index (χ1n) is 3.19. The van der Waals surface area contributed by atoms with Crippen molar-refractivity contribution in [2.45, 2.75) is 0 Å². The highest BCUT2D eigenvalue weighted by Crippen LogP contribution is 2.18. The maximum atomic E-state index is 5.09. The van der Waals surface area contributed by atoms with E-state index in [1.54, 1.807) is 0 Å². The number of rotatable bonds is 0. The lowest BCUT2D eigenvalue weighted by Gasteiger charge is -1.94.